The van der Waals surface area contributed by atoms with E-state index in [2.05, 4.69) is 10.4 Å². The smallest absolute Gasteiger partial charge is 0.263 e. The lowest BCUT2D eigenvalue weighted by Gasteiger charge is -2.14. The molecule has 122 valence electrons. The van der Waals surface area contributed by atoms with Crippen LogP contribution in [0, 0.1) is 6.92 Å². The van der Waals surface area contributed by atoms with Gasteiger partial charge in [0.2, 0.25) is 0 Å². The minimum absolute atomic E-state index is 0.0436. The minimum atomic E-state index is -0.437. The first kappa shape index (κ1) is 15.5. The quantitative estimate of drug-likeness (QED) is 0.923. The second-order valence-corrected chi connectivity index (χ2v) is 5.80. The molecule has 1 aliphatic heterocycles. The lowest BCUT2D eigenvalue weighted by atomic mass is 10.1. The zero-order valence-corrected chi connectivity index (χ0v) is 13.3. The van der Waals surface area contributed by atoms with Gasteiger partial charge >= 0.3 is 0 Å². The van der Waals surface area contributed by atoms with Crippen LogP contribution >= 0.6 is 0 Å². The Kier molecular flexibility index (Phi) is 4.29. The average Bonchev–Trinajstić information content (AvgIpc) is 3.14. The van der Waals surface area contributed by atoms with Crippen molar-refractivity contribution in [1.82, 2.24) is 14.3 Å². The molecular formula is C16H20N4O3. The van der Waals surface area contributed by atoms with Gasteiger partial charge in [-0.2, -0.15) is 5.10 Å². The maximum absolute atomic E-state index is 12.6. The van der Waals surface area contributed by atoms with Gasteiger partial charge in [0.25, 0.3) is 11.5 Å². The second-order valence-electron chi connectivity index (χ2n) is 5.80. The summed E-state index contributed by atoms with van der Waals surface area (Å²) < 4.78 is 8.71. The topological polar surface area (TPSA) is 78.1 Å². The van der Waals surface area contributed by atoms with Crippen molar-refractivity contribution in [3.63, 3.8) is 0 Å². The molecule has 7 heteroatoms. The highest BCUT2D eigenvalue weighted by Gasteiger charge is 2.20. The fraction of sp³-hybridized carbons (Fsp3) is 0.438. The van der Waals surface area contributed by atoms with Crippen LogP contribution in [0.25, 0.3) is 0 Å². The molecule has 0 bridgehead atoms. The summed E-state index contributed by atoms with van der Waals surface area (Å²) in [6.07, 6.45) is 5.44. The summed E-state index contributed by atoms with van der Waals surface area (Å²) in [5, 5.41) is 6.76. The molecule has 3 heterocycles. The Balaban J connectivity index is 1.85. The molecule has 1 unspecified atom stereocenters. The Hall–Kier alpha value is -2.41. The fourth-order valence-electron chi connectivity index (χ4n) is 2.75. The lowest BCUT2D eigenvalue weighted by Crippen LogP contribution is -2.33. The molecule has 1 saturated heterocycles. The highest BCUT2D eigenvalue weighted by molar-refractivity contribution is 6.04. The SMILES string of the molecule is Cc1ccn(CC2CCCO2)c(=O)c1C(=O)Nc1ccn(C)n1. The number of rotatable bonds is 4. The Morgan fingerprint density at radius 1 is 1.43 bits per heavy atom. The molecule has 7 nitrogen and oxygen atoms in total. The van der Waals surface area contributed by atoms with E-state index in [9.17, 15) is 9.59 Å². The van der Waals surface area contributed by atoms with Crippen LogP contribution in [0.5, 0.6) is 0 Å². The third kappa shape index (κ3) is 3.34. The van der Waals surface area contributed by atoms with Crippen LogP contribution in [0.15, 0.2) is 29.3 Å². The summed E-state index contributed by atoms with van der Waals surface area (Å²) in [7, 11) is 1.76. The zero-order chi connectivity index (χ0) is 16.4. The third-order valence-corrected chi connectivity index (χ3v) is 3.98. The van der Waals surface area contributed by atoms with Crippen LogP contribution in [0.1, 0.15) is 28.8 Å². The maximum atomic E-state index is 12.6. The molecule has 1 fully saturated rings. The number of carbonyl (C=O) groups is 1. The molecule has 0 radical (unpaired) electrons. The van der Waals surface area contributed by atoms with E-state index in [1.807, 2.05) is 0 Å². The van der Waals surface area contributed by atoms with Crippen LogP contribution in [0.2, 0.25) is 0 Å². The Morgan fingerprint density at radius 3 is 2.91 bits per heavy atom. The van der Waals surface area contributed by atoms with Gasteiger partial charge in [-0.3, -0.25) is 14.3 Å². The molecule has 1 aliphatic rings. The van der Waals surface area contributed by atoms with Crippen LogP contribution in [-0.4, -0.2) is 33.0 Å². The Bertz CT molecular complexity index is 772. The number of amides is 1. The van der Waals surface area contributed by atoms with Crippen LogP contribution in [0.3, 0.4) is 0 Å². The number of anilines is 1. The Labute approximate surface area is 133 Å². The summed E-state index contributed by atoms with van der Waals surface area (Å²) >= 11 is 0. The van der Waals surface area contributed by atoms with E-state index in [1.165, 1.54) is 0 Å². The van der Waals surface area contributed by atoms with Crippen molar-refractivity contribution in [2.24, 2.45) is 7.05 Å². The largest absolute Gasteiger partial charge is 0.376 e. The number of nitrogens with zero attached hydrogens (tertiary/aromatic N) is 3. The summed E-state index contributed by atoms with van der Waals surface area (Å²) in [5.74, 6) is -0.0151. The van der Waals surface area contributed by atoms with Crippen LogP contribution in [0.4, 0.5) is 5.82 Å². The predicted octanol–water partition coefficient (Wildman–Crippen LogP) is 1.32. The maximum Gasteiger partial charge on any atom is 0.263 e. The number of ether oxygens (including phenoxy) is 1. The fourth-order valence-corrected chi connectivity index (χ4v) is 2.75. The molecule has 1 atom stereocenters. The number of pyridine rings is 1. The Morgan fingerprint density at radius 2 is 2.26 bits per heavy atom. The second kappa shape index (κ2) is 6.37. The van der Waals surface area contributed by atoms with E-state index < -0.39 is 5.91 Å². The first-order chi connectivity index (χ1) is 11.0. The summed E-state index contributed by atoms with van der Waals surface area (Å²) in [6, 6.07) is 3.46. The van der Waals surface area contributed by atoms with Crippen molar-refractivity contribution in [3.8, 4) is 0 Å². The van der Waals surface area contributed by atoms with Crippen molar-refractivity contribution < 1.29 is 9.53 Å². The van der Waals surface area contributed by atoms with Crippen molar-refractivity contribution in [3.05, 3.63) is 46.0 Å². The van der Waals surface area contributed by atoms with E-state index in [-0.39, 0.29) is 17.2 Å². The van der Waals surface area contributed by atoms with Gasteiger partial charge in [0.1, 0.15) is 5.56 Å². The molecule has 0 spiro atoms. The lowest BCUT2D eigenvalue weighted by molar-refractivity contribution is 0.0952. The van der Waals surface area contributed by atoms with Gasteiger partial charge in [-0.25, -0.2) is 0 Å². The van der Waals surface area contributed by atoms with Gasteiger partial charge in [0.05, 0.1) is 12.6 Å². The van der Waals surface area contributed by atoms with Gasteiger partial charge in [0.15, 0.2) is 5.82 Å². The summed E-state index contributed by atoms with van der Waals surface area (Å²) in [4.78, 5) is 25.1. The summed E-state index contributed by atoms with van der Waals surface area (Å²) in [5.41, 5.74) is 0.497. The van der Waals surface area contributed by atoms with Gasteiger partial charge in [-0.1, -0.05) is 0 Å². The third-order valence-electron chi connectivity index (χ3n) is 3.98. The monoisotopic (exact) mass is 316 g/mol. The molecule has 2 aromatic rings. The predicted molar refractivity (Wildman–Crippen MR) is 85.6 cm³/mol. The first-order valence-electron chi connectivity index (χ1n) is 7.67. The van der Waals surface area contributed by atoms with E-state index >= 15 is 0 Å². The van der Waals surface area contributed by atoms with E-state index in [1.54, 1.807) is 47.7 Å². The molecule has 1 N–H and O–H groups in total. The first-order valence-corrected chi connectivity index (χ1v) is 7.67. The zero-order valence-electron chi connectivity index (χ0n) is 13.3. The highest BCUT2D eigenvalue weighted by Crippen LogP contribution is 2.14. The molecule has 0 saturated carbocycles. The van der Waals surface area contributed by atoms with Crippen LogP contribution < -0.4 is 10.9 Å². The van der Waals surface area contributed by atoms with Crippen LogP contribution in [-0.2, 0) is 18.3 Å². The highest BCUT2D eigenvalue weighted by atomic mass is 16.5. The van der Waals surface area contributed by atoms with E-state index in [4.69, 9.17) is 4.74 Å². The summed E-state index contributed by atoms with van der Waals surface area (Å²) in [6.45, 7) is 2.96. The molecule has 2 aromatic heterocycles. The molecule has 1 amide bonds. The van der Waals surface area contributed by atoms with E-state index in [0.717, 1.165) is 19.4 Å². The van der Waals surface area contributed by atoms with Crippen molar-refractivity contribution in [2.45, 2.75) is 32.4 Å². The standard InChI is InChI=1S/C16H20N4O3/c1-11-5-8-20(10-12-4-3-9-23-12)16(22)14(11)15(21)17-13-6-7-19(2)18-13/h5-8,12H,3-4,9-10H2,1-2H3,(H,17,18,21). The molecule has 0 aliphatic carbocycles. The molecule has 23 heavy (non-hydrogen) atoms. The van der Waals surface area contributed by atoms with Gasteiger partial charge in [-0.15, -0.1) is 0 Å². The molecule has 3 rings (SSSR count). The van der Waals surface area contributed by atoms with Gasteiger partial charge in [0, 0.05) is 32.1 Å². The number of nitrogens with one attached hydrogen (secondary N) is 1. The van der Waals surface area contributed by atoms with Gasteiger partial charge in [-0.05, 0) is 31.4 Å². The average molecular weight is 316 g/mol. The van der Waals surface area contributed by atoms with Crippen molar-refractivity contribution in [2.75, 3.05) is 11.9 Å². The van der Waals surface area contributed by atoms with E-state index in [0.29, 0.717) is 17.9 Å². The number of carbonyl (C=O) groups excluding carboxylic acids is 1. The van der Waals surface area contributed by atoms with Gasteiger partial charge < -0.3 is 14.6 Å². The number of aryl methyl sites for hydroxylation is 2. The normalized spacial score (nSPS) is 17.4. The number of hydrogen-bond acceptors (Lipinski definition) is 4. The van der Waals surface area contributed by atoms with Crippen molar-refractivity contribution in [1.29, 1.82) is 0 Å². The molecular weight excluding hydrogens is 296 g/mol. The number of aromatic nitrogens is 3. The molecule has 0 aromatic carbocycles. The van der Waals surface area contributed by atoms with Crippen molar-refractivity contribution >= 4 is 11.7 Å². The minimum Gasteiger partial charge on any atom is -0.376 e. The number of hydrogen-bond donors (Lipinski definition) is 1.